The second-order valence-corrected chi connectivity index (χ2v) is 13.3. The number of carbonyl (C=O) groups is 1. The van der Waals surface area contributed by atoms with Gasteiger partial charge in [0.1, 0.15) is 30.2 Å². The van der Waals surface area contributed by atoms with Crippen LogP contribution in [0.4, 0.5) is 13.2 Å². The Hall–Kier alpha value is -4.55. The number of aldehydes is 1. The van der Waals surface area contributed by atoms with Gasteiger partial charge in [-0.15, -0.1) is 0 Å². The van der Waals surface area contributed by atoms with Crippen molar-refractivity contribution in [2.75, 3.05) is 13.7 Å². The van der Waals surface area contributed by atoms with E-state index in [1.165, 1.54) is 19.2 Å². The van der Waals surface area contributed by atoms with E-state index in [4.69, 9.17) is 40.0 Å². The molecule has 1 aliphatic rings. The largest absolute Gasteiger partial charge is 0.484 e. The lowest BCUT2D eigenvalue weighted by Gasteiger charge is -2.51. The van der Waals surface area contributed by atoms with Crippen molar-refractivity contribution in [2.45, 2.75) is 62.6 Å². The third-order valence-electron chi connectivity index (χ3n) is 9.08. The molecule has 0 bridgehead atoms. The minimum Gasteiger partial charge on any atom is -0.484 e. The molecule has 54 heavy (non-hydrogen) atoms. The number of alkyl halides is 3. The fraction of sp³-hybridized carbons (Fsp3) is 0.279. The van der Waals surface area contributed by atoms with Crippen LogP contribution in [-0.2, 0) is 60.5 Å². The Morgan fingerprint density at radius 1 is 0.704 bits per heavy atom. The fourth-order valence-corrected chi connectivity index (χ4v) is 6.60. The Bertz CT molecular complexity index is 1910. The summed E-state index contributed by atoms with van der Waals surface area (Å²) in [5.41, 5.74) is 4.65. The highest BCUT2D eigenvalue weighted by atomic mass is 35.5. The van der Waals surface area contributed by atoms with E-state index in [2.05, 4.69) is 0 Å². The van der Waals surface area contributed by atoms with Crippen molar-refractivity contribution in [2.24, 2.45) is 0 Å². The molecule has 0 aromatic heterocycles. The molecule has 5 aromatic rings. The van der Waals surface area contributed by atoms with E-state index < -0.39 is 43.0 Å². The van der Waals surface area contributed by atoms with Crippen molar-refractivity contribution in [3.8, 4) is 5.75 Å². The van der Waals surface area contributed by atoms with E-state index in [0.29, 0.717) is 28.9 Å². The number of halogens is 4. The first-order valence-electron chi connectivity index (χ1n) is 17.4. The van der Waals surface area contributed by atoms with Gasteiger partial charge in [0.05, 0.1) is 19.8 Å². The lowest BCUT2D eigenvalue weighted by Crippen LogP contribution is -2.65. The van der Waals surface area contributed by atoms with Crippen LogP contribution in [0.25, 0.3) is 0 Å². The van der Waals surface area contributed by atoms with Crippen molar-refractivity contribution in [1.82, 2.24) is 0 Å². The van der Waals surface area contributed by atoms with Gasteiger partial charge in [-0.1, -0.05) is 121 Å². The number of methoxy groups -OCH3 is 1. The van der Waals surface area contributed by atoms with E-state index in [1.807, 2.05) is 97.1 Å². The lowest BCUT2D eigenvalue weighted by molar-refractivity contribution is -0.373. The minimum atomic E-state index is -4.45. The summed E-state index contributed by atoms with van der Waals surface area (Å²) in [7, 11) is 1.48. The van der Waals surface area contributed by atoms with Gasteiger partial charge in [0.25, 0.3) is 0 Å². The van der Waals surface area contributed by atoms with E-state index in [9.17, 15) is 18.0 Å². The number of rotatable bonds is 16. The molecule has 1 fully saturated rings. The molecule has 282 valence electrons. The molecule has 0 radical (unpaired) electrons. The summed E-state index contributed by atoms with van der Waals surface area (Å²) in [5, 5.41) is 0.438. The molecule has 1 aliphatic heterocycles. The zero-order valence-corrected chi connectivity index (χ0v) is 30.2. The van der Waals surface area contributed by atoms with Gasteiger partial charge in [0.15, 0.2) is 12.9 Å². The van der Waals surface area contributed by atoms with Crippen molar-refractivity contribution in [3.05, 3.63) is 172 Å². The van der Waals surface area contributed by atoms with E-state index in [-0.39, 0.29) is 25.6 Å². The van der Waals surface area contributed by atoms with E-state index in [1.54, 1.807) is 24.3 Å². The number of benzene rings is 5. The summed E-state index contributed by atoms with van der Waals surface area (Å²) in [6.07, 6.45) is -7.36. The number of ether oxygens (including phenoxy) is 6. The molecule has 6 rings (SSSR count). The van der Waals surface area contributed by atoms with Crippen LogP contribution >= 0.6 is 11.6 Å². The second-order valence-electron chi connectivity index (χ2n) is 12.9. The van der Waals surface area contributed by atoms with Gasteiger partial charge in [-0.2, -0.15) is 13.2 Å². The smallest absolute Gasteiger partial charge is 0.422 e. The van der Waals surface area contributed by atoms with Gasteiger partial charge in [-0.25, -0.2) is 0 Å². The fourth-order valence-electron chi connectivity index (χ4n) is 6.42. The molecule has 0 saturated carbocycles. The van der Waals surface area contributed by atoms with Gasteiger partial charge in [0, 0.05) is 17.7 Å². The lowest BCUT2D eigenvalue weighted by atomic mass is 9.86. The Morgan fingerprint density at radius 3 is 1.76 bits per heavy atom. The predicted octanol–water partition coefficient (Wildman–Crippen LogP) is 9.03. The second kappa shape index (κ2) is 18.2. The normalized spacial score (nSPS) is 21.4. The maximum Gasteiger partial charge on any atom is 0.422 e. The molecule has 0 spiro atoms. The number of hydrogen-bond donors (Lipinski definition) is 0. The van der Waals surface area contributed by atoms with Crippen LogP contribution in [0, 0.1) is 0 Å². The molecular formula is C43H40ClF3O7. The van der Waals surface area contributed by atoms with Crippen LogP contribution in [0.1, 0.15) is 33.4 Å². The van der Waals surface area contributed by atoms with Crippen molar-refractivity contribution < 1.29 is 46.4 Å². The minimum absolute atomic E-state index is 0.0914. The SMILES string of the molecule is COC1(c2ccc(Cl)c(Cc3ccc(OCC(F)(F)F)cc3)c2)OC(C=O)C(OCc2ccccc2)C(OCc2ccccc2)C1OCc1ccccc1. The van der Waals surface area contributed by atoms with Crippen molar-refractivity contribution >= 4 is 17.9 Å². The molecule has 11 heteroatoms. The summed E-state index contributed by atoms with van der Waals surface area (Å²) < 4.78 is 75.9. The maximum atomic E-state index is 13.0. The number of carbonyl (C=O) groups excluding carboxylic acids is 1. The highest BCUT2D eigenvalue weighted by Crippen LogP contribution is 2.44. The third kappa shape index (κ3) is 9.95. The molecule has 0 aliphatic carbocycles. The molecule has 5 unspecified atom stereocenters. The summed E-state index contributed by atoms with van der Waals surface area (Å²) in [5.74, 6) is -1.60. The van der Waals surface area contributed by atoms with Gasteiger partial charge < -0.3 is 33.2 Å². The quantitative estimate of drug-likeness (QED) is 0.0930. The van der Waals surface area contributed by atoms with Crippen molar-refractivity contribution in [1.29, 1.82) is 0 Å². The summed E-state index contributed by atoms with van der Waals surface area (Å²) in [6.45, 7) is -0.864. The third-order valence-corrected chi connectivity index (χ3v) is 9.45. The van der Waals surface area contributed by atoms with E-state index in [0.717, 1.165) is 22.3 Å². The first-order chi connectivity index (χ1) is 26.2. The zero-order chi connectivity index (χ0) is 38.0. The van der Waals surface area contributed by atoms with Crippen LogP contribution < -0.4 is 4.74 Å². The molecule has 1 heterocycles. The molecular weight excluding hydrogens is 721 g/mol. The summed E-state index contributed by atoms with van der Waals surface area (Å²) in [4.78, 5) is 13.0. The first kappa shape index (κ1) is 39.2. The van der Waals surface area contributed by atoms with Gasteiger partial charge in [-0.05, 0) is 58.5 Å². The van der Waals surface area contributed by atoms with Gasteiger partial charge in [0.2, 0.25) is 5.79 Å². The van der Waals surface area contributed by atoms with E-state index >= 15 is 0 Å². The summed E-state index contributed by atoms with van der Waals surface area (Å²) >= 11 is 6.74. The predicted molar refractivity (Wildman–Crippen MR) is 197 cm³/mol. The Morgan fingerprint density at radius 2 is 1.24 bits per heavy atom. The Labute approximate surface area is 317 Å². The van der Waals surface area contributed by atoms with Crippen molar-refractivity contribution in [3.63, 3.8) is 0 Å². The maximum absolute atomic E-state index is 13.0. The van der Waals surface area contributed by atoms with Crippen LogP contribution in [-0.4, -0.2) is 50.6 Å². The zero-order valence-electron chi connectivity index (χ0n) is 29.5. The molecule has 0 amide bonds. The molecule has 7 nitrogen and oxygen atoms in total. The standard InChI is InChI=1S/C43H40ClF3O7/c1-49-43(35-19-22-37(44)34(24-35)23-30-17-20-36(21-18-30)53-29-42(45,46)47)41(52-28-33-15-9-4-10-16-33)40(51-27-32-13-7-3-8-14-32)39(38(25-48)54-43)50-26-31-11-5-2-6-12-31/h2-22,24-25,38-41H,23,26-29H2,1H3. The number of hydrogen-bond acceptors (Lipinski definition) is 7. The van der Waals surface area contributed by atoms with Crippen LogP contribution in [0.3, 0.4) is 0 Å². The highest BCUT2D eigenvalue weighted by Gasteiger charge is 2.58. The summed E-state index contributed by atoms with van der Waals surface area (Å²) in [6, 6.07) is 40.4. The molecule has 1 saturated heterocycles. The van der Waals surface area contributed by atoms with Gasteiger partial charge >= 0.3 is 6.18 Å². The van der Waals surface area contributed by atoms with Crippen LogP contribution in [0.2, 0.25) is 5.02 Å². The highest BCUT2D eigenvalue weighted by molar-refractivity contribution is 6.31. The first-order valence-corrected chi connectivity index (χ1v) is 17.8. The molecule has 0 N–H and O–H groups in total. The average Bonchev–Trinajstić information content (AvgIpc) is 3.19. The van der Waals surface area contributed by atoms with Crippen LogP contribution in [0.5, 0.6) is 5.75 Å². The Balaban J connectivity index is 1.37. The topological polar surface area (TPSA) is 72.5 Å². The average molecular weight is 761 g/mol. The molecule has 5 atom stereocenters. The van der Waals surface area contributed by atoms with Gasteiger partial charge in [-0.3, -0.25) is 0 Å². The molecule has 5 aromatic carbocycles. The van der Waals surface area contributed by atoms with Crippen LogP contribution in [0.15, 0.2) is 133 Å². The Kier molecular flexibility index (Phi) is 13.2. The monoisotopic (exact) mass is 760 g/mol.